The predicted molar refractivity (Wildman–Crippen MR) is 118 cm³/mol. The average molecular weight is 527 g/mol. The SMILES string of the molecule is COc1cc(/C=C2\SC(=O)NC2=O)cc(Br)c1OS(=O)(=O)c1ccc(NC(C)=O)cc1. The van der Waals surface area contributed by atoms with Crippen LogP contribution >= 0.6 is 27.7 Å². The first-order chi connectivity index (χ1) is 14.6. The fourth-order valence-electron chi connectivity index (χ4n) is 2.54. The van der Waals surface area contributed by atoms with E-state index >= 15 is 0 Å². The third-order valence-corrected chi connectivity index (χ3v) is 6.48. The molecule has 0 unspecified atom stereocenters. The van der Waals surface area contributed by atoms with Crippen molar-refractivity contribution in [1.29, 1.82) is 0 Å². The molecule has 3 rings (SSSR count). The van der Waals surface area contributed by atoms with Gasteiger partial charge in [-0.3, -0.25) is 19.7 Å². The Labute approximate surface area is 190 Å². The summed E-state index contributed by atoms with van der Waals surface area (Å²) in [7, 11) is -2.88. The maximum atomic E-state index is 12.7. The van der Waals surface area contributed by atoms with E-state index in [4.69, 9.17) is 8.92 Å². The monoisotopic (exact) mass is 526 g/mol. The maximum Gasteiger partial charge on any atom is 0.339 e. The molecule has 3 amide bonds. The van der Waals surface area contributed by atoms with Crippen molar-refractivity contribution in [3.05, 3.63) is 51.3 Å². The van der Waals surface area contributed by atoms with Gasteiger partial charge in [0.1, 0.15) is 4.90 Å². The van der Waals surface area contributed by atoms with E-state index in [-0.39, 0.29) is 31.7 Å². The first-order valence-electron chi connectivity index (χ1n) is 8.53. The van der Waals surface area contributed by atoms with Crippen molar-refractivity contribution in [3.8, 4) is 11.5 Å². The second-order valence-corrected chi connectivity index (χ2v) is 9.54. The molecule has 1 saturated heterocycles. The summed E-state index contributed by atoms with van der Waals surface area (Å²) < 4.78 is 36.2. The molecule has 0 radical (unpaired) electrons. The highest BCUT2D eigenvalue weighted by Gasteiger charge is 2.26. The van der Waals surface area contributed by atoms with Gasteiger partial charge in [0.2, 0.25) is 5.91 Å². The first-order valence-corrected chi connectivity index (χ1v) is 11.6. The van der Waals surface area contributed by atoms with Crippen molar-refractivity contribution < 1.29 is 31.7 Å². The number of halogens is 1. The second-order valence-electron chi connectivity index (χ2n) is 6.13. The molecule has 1 heterocycles. The van der Waals surface area contributed by atoms with Gasteiger partial charge in [0.15, 0.2) is 11.5 Å². The molecule has 1 aliphatic rings. The van der Waals surface area contributed by atoms with Crippen molar-refractivity contribution in [3.63, 3.8) is 0 Å². The molecular weight excluding hydrogens is 512 g/mol. The lowest BCUT2D eigenvalue weighted by Gasteiger charge is -2.14. The van der Waals surface area contributed by atoms with Gasteiger partial charge < -0.3 is 14.2 Å². The summed E-state index contributed by atoms with van der Waals surface area (Å²) in [5.74, 6) is -0.797. The van der Waals surface area contributed by atoms with Gasteiger partial charge in [-0.25, -0.2) is 0 Å². The number of methoxy groups -OCH3 is 1. The van der Waals surface area contributed by atoms with Crippen molar-refractivity contribution in [2.75, 3.05) is 12.4 Å². The van der Waals surface area contributed by atoms with Crippen LogP contribution in [0.1, 0.15) is 12.5 Å². The fourth-order valence-corrected chi connectivity index (χ4v) is 4.83. The Balaban J connectivity index is 1.90. The number of ether oxygens (including phenoxy) is 1. The Morgan fingerprint density at radius 1 is 1.19 bits per heavy atom. The summed E-state index contributed by atoms with van der Waals surface area (Å²) in [6.07, 6.45) is 1.47. The summed E-state index contributed by atoms with van der Waals surface area (Å²) in [5, 5.41) is 4.22. The van der Waals surface area contributed by atoms with Crippen LogP contribution in [0.5, 0.6) is 11.5 Å². The topological polar surface area (TPSA) is 128 Å². The largest absolute Gasteiger partial charge is 0.493 e. The zero-order valence-electron chi connectivity index (χ0n) is 16.1. The number of nitrogens with one attached hydrogen (secondary N) is 2. The van der Waals surface area contributed by atoms with Gasteiger partial charge in [0.25, 0.3) is 11.1 Å². The lowest BCUT2D eigenvalue weighted by molar-refractivity contribution is -0.115. The van der Waals surface area contributed by atoms with Crippen LogP contribution in [-0.4, -0.2) is 32.6 Å². The van der Waals surface area contributed by atoms with Crippen molar-refractivity contribution in [2.45, 2.75) is 11.8 Å². The van der Waals surface area contributed by atoms with Crippen LogP contribution < -0.4 is 19.6 Å². The third-order valence-electron chi connectivity index (χ3n) is 3.85. The van der Waals surface area contributed by atoms with Gasteiger partial charge in [-0.2, -0.15) is 8.42 Å². The Morgan fingerprint density at radius 2 is 1.87 bits per heavy atom. The van der Waals surface area contributed by atoms with Crippen LogP contribution in [0.25, 0.3) is 6.08 Å². The van der Waals surface area contributed by atoms with Gasteiger partial charge in [-0.1, -0.05) is 0 Å². The molecule has 0 atom stereocenters. The lowest BCUT2D eigenvalue weighted by atomic mass is 10.2. The predicted octanol–water partition coefficient (Wildman–Crippen LogP) is 3.51. The van der Waals surface area contributed by atoms with Crippen LogP contribution in [0.2, 0.25) is 0 Å². The molecule has 0 saturated carbocycles. The van der Waals surface area contributed by atoms with E-state index in [1.807, 2.05) is 0 Å². The zero-order chi connectivity index (χ0) is 22.8. The maximum absolute atomic E-state index is 12.7. The van der Waals surface area contributed by atoms with Gasteiger partial charge >= 0.3 is 10.1 Å². The quantitative estimate of drug-likeness (QED) is 0.432. The highest BCUT2D eigenvalue weighted by atomic mass is 79.9. The first kappa shape index (κ1) is 22.8. The molecule has 1 aliphatic heterocycles. The Bertz CT molecular complexity index is 1210. The number of amides is 3. The van der Waals surface area contributed by atoms with Crippen molar-refractivity contribution >= 4 is 66.6 Å². The van der Waals surface area contributed by atoms with E-state index in [1.54, 1.807) is 0 Å². The number of hydrogen-bond acceptors (Lipinski definition) is 8. The van der Waals surface area contributed by atoms with E-state index in [0.29, 0.717) is 11.3 Å². The third kappa shape index (κ3) is 5.46. The normalized spacial score (nSPS) is 15.0. The minimum absolute atomic E-state index is 0.0878. The van der Waals surface area contributed by atoms with Crippen molar-refractivity contribution in [2.24, 2.45) is 0 Å². The van der Waals surface area contributed by atoms with E-state index in [9.17, 15) is 22.8 Å². The average Bonchev–Trinajstić information content (AvgIpc) is 3.00. The molecule has 0 spiro atoms. The van der Waals surface area contributed by atoms with Crippen LogP contribution in [-0.2, 0) is 19.7 Å². The van der Waals surface area contributed by atoms with Crippen molar-refractivity contribution in [1.82, 2.24) is 5.32 Å². The van der Waals surface area contributed by atoms with E-state index in [0.717, 1.165) is 11.8 Å². The lowest BCUT2D eigenvalue weighted by Crippen LogP contribution is -2.17. The molecule has 0 aliphatic carbocycles. The molecule has 12 heteroatoms. The Hall–Kier alpha value is -2.83. The number of anilines is 1. The molecule has 2 aromatic rings. The summed E-state index contributed by atoms with van der Waals surface area (Å²) in [6.45, 7) is 1.34. The van der Waals surface area contributed by atoms with Crippen LogP contribution in [0.15, 0.2) is 50.7 Å². The van der Waals surface area contributed by atoms with Crippen LogP contribution in [0.3, 0.4) is 0 Å². The smallest absolute Gasteiger partial charge is 0.339 e. The summed E-state index contributed by atoms with van der Waals surface area (Å²) >= 11 is 4.01. The standard InChI is InChI=1S/C19H15BrN2O7S2/c1-10(23)21-12-3-5-13(6-4-12)31(26,27)29-17-14(20)7-11(8-15(17)28-2)9-16-18(24)22-19(25)30-16/h3-9H,1-2H3,(H,21,23)(H,22,24,25)/b16-9-. The summed E-state index contributed by atoms with van der Waals surface area (Å²) in [5.41, 5.74) is 0.926. The number of carbonyl (C=O) groups excluding carboxylic acids is 3. The number of hydrogen-bond donors (Lipinski definition) is 2. The number of rotatable bonds is 6. The number of imide groups is 1. The zero-order valence-corrected chi connectivity index (χ0v) is 19.3. The van der Waals surface area contributed by atoms with E-state index in [2.05, 4.69) is 26.6 Å². The molecule has 31 heavy (non-hydrogen) atoms. The molecule has 1 fully saturated rings. The summed E-state index contributed by atoms with van der Waals surface area (Å²) in [4.78, 5) is 34.2. The molecule has 162 valence electrons. The fraction of sp³-hybridized carbons (Fsp3) is 0.105. The summed E-state index contributed by atoms with van der Waals surface area (Å²) in [6, 6.07) is 8.46. The highest BCUT2D eigenvalue weighted by molar-refractivity contribution is 9.10. The van der Waals surface area contributed by atoms with E-state index < -0.39 is 21.3 Å². The Morgan fingerprint density at radius 3 is 2.42 bits per heavy atom. The highest BCUT2D eigenvalue weighted by Crippen LogP contribution is 2.39. The minimum atomic E-state index is -4.22. The van der Waals surface area contributed by atoms with Crippen LogP contribution in [0.4, 0.5) is 10.5 Å². The molecule has 0 bridgehead atoms. The van der Waals surface area contributed by atoms with Gasteiger partial charge in [0, 0.05) is 12.6 Å². The molecule has 2 N–H and O–H groups in total. The van der Waals surface area contributed by atoms with Gasteiger partial charge in [0.05, 0.1) is 16.5 Å². The molecule has 0 aromatic heterocycles. The molecule has 9 nitrogen and oxygen atoms in total. The van der Waals surface area contributed by atoms with Crippen LogP contribution in [0, 0.1) is 0 Å². The Kier molecular flexibility index (Phi) is 6.72. The second kappa shape index (κ2) is 9.12. The number of carbonyl (C=O) groups is 3. The van der Waals surface area contributed by atoms with Gasteiger partial charge in [-0.05, 0) is 75.7 Å². The molecular formula is C19H15BrN2O7S2. The van der Waals surface area contributed by atoms with Gasteiger partial charge in [-0.15, -0.1) is 0 Å². The minimum Gasteiger partial charge on any atom is -0.493 e. The van der Waals surface area contributed by atoms with E-state index in [1.165, 1.54) is 56.5 Å². The number of thioether (sulfide) groups is 1. The number of benzene rings is 2. The molecule has 2 aromatic carbocycles.